The summed E-state index contributed by atoms with van der Waals surface area (Å²) in [7, 11) is 3.41. The third-order valence-corrected chi connectivity index (χ3v) is 3.47. The zero-order valence-electron chi connectivity index (χ0n) is 12.1. The molecular weight excluding hydrogens is 226 g/mol. The van der Waals surface area contributed by atoms with E-state index >= 15 is 0 Å². The van der Waals surface area contributed by atoms with Crippen molar-refractivity contribution in [1.82, 2.24) is 0 Å². The first-order valence-corrected chi connectivity index (χ1v) is 6.53. The minimum absolute atomic E-state index is 0.291. The summed E-state index contributed by atoms with van der Waals surface area (Å²) in [5.41, 5.74) is 8.20. The third-order valence-electron chi connectivity index (χ3n) is 3.47. The molecule has 0 fully saturated rings. The van der Waals surface area contributed by atoms with Gasteiger partial charge in [0.2, 0.25) is 0 Å². The Labute approximate surface area is 110 Å². The molecule has 1 rings (SSSR count). The molecule has 0 aliphatic carbocycles. The van der Waals surface area contributed by atoms with E-state index in [0.717, 1.165) is 29.0 Å². The first kappa shape index (κ1) is 14.8. The van der Waals surface area contributed by atoms with Crippen molar-refractivity contribution < 1.29 is 9.47 Å². The second kappa shape index (κ2) is 6.64. The molecule has 1 aromatic rings. The van der Waals surface area contributed by atoms with Crippen LogP contribution in [0.15, 0.2) is 12.1 Å². The molecule has 1 atom stereocenters. The first-order valence-electron chi connectivity index (χ1n) is 6.53. The van der Waals surface area contributed by atoms with Crippen LogP contribution >= 0.6 is 0 Å². The molecule has 0 heterocycles. The zero-order valence-corrected chi connectivity index (χ0v) is 12.1. The van der Waals surface area contributed by atoms with Crippen molar-refractivity contribution in [3.8, 4) is 11.5 Å². The van der Waals surface area contributed by atoms with Gasteiger partial charge in [-0.25, -0.2) is 0 Å². The van der Waals surface area contributed by atoms with Crippen LogP contribution in [0.1, 0.15) is 37.8 Å². The van der Waals surface area contributed by atoms with Crippen LogP contribution in [0.2, 0.25) is 0 Å². The highest BCUT2D eigenvalue weighted by Crippen LogP contribution is 2.36. The highest BCUT2D eigenvalue weighted by Gasteiger charge is 2.20. The Morgan fingerprint density at radius 3 is 2.11 bits per heavy atom. The molecule has 3 nitrogen and oxygen atoms in total. The third kappa shape index (κ3) is 2.96. The number of benzene rings is 1. The lowest BCUT2D eigenvalue weighted by atomic mass is 9.87. The van der Waals surface area contributed by atoms with Gasteiger partial charge in [0.15, 0.2) is 0 Å². The Kier molecular flexibility index (Phi) is 5.48. The van der Waals surface area contributed by atoms with Crippen LogP contribution in [0.3, 0.4) is 0 Å². The van der Waals surface area contributed by atoms with E-state index in [9.17, 15) is 0 Å². The van der Waals surface area contributed by atoms with Gasteiger partial charge in [0.25, 0.3) is 0 Å². The fraction of sp³-hybridized carbons (Fsp3) is 0.600. The molecule has 0 saturated heterocycles. The minimum atomic E-state index is 0.291. The highest BCUT2D eigenvalue weighted by molar-refractivity contribution is 5.48. The van der Waals surface area contributed by atoms with Crippen LogP contribution in [0.5, 0.6) is 11.5 Å². The molecule has 0 saturated carbocycles. The molecule has 0 spiro atoms. The summed E-state index contributed by atoms with van der Waals surface area (Å²) in [5, 5.41) is 0. The highest BCUT2D eigenvalue weighted by atomic mass is 16.5. The van der Waals surface area contributed by atoms with Crippen molar-refractivity contribution in [3.05, 3.63) is 23.3 Å². The van der Waals surface area contributed by atoms with Crippen molar-refractivity contribution in [1.29, 1.82) is 0 Å². The van der Waals surface area contributed by atoms with Crippen molar-refractivity contribution in [2.24, 2.45) is 11.7 Å². The molecule has 3 heteroatoms. The van der Waals surface area contributed by atoms with Crippen LogP contribution in [-0.2, 0) is 6.42 Å². The Balaban J connectivity index is 3.32. The molecule has 0 aliphatic rings. The fourth-order valence-electron chi connectivity index (χ4n) is 2.31. The Hall–Kier alpha value is -1.22. The zero-order chi connectivity index (χ0) is 13.7. The number of hydrogen-bond acceptors (Lipinski definition) is 3. The Morgan fingerprint density at radius 2 is 1.72 bits per heavy atom. The summed E-state index contributed by atoms with van der Waals surface area (Å²) in [6.07, 6.45) is 0.925. The standard InChI is InChI=1S/C15H25NO2/c1-6-11-7-15(18-5)12(8-14(11)17-4)13(9-16)10(2)3/h7-8,10,13H,6,9,16H2,1-5H3. The maximum absolute atomic E-state index is 5.90. The number of aryl methyl sites for hydroxylation is 1. The van der Waals surface area contributed by atoms with Gasteiger partial charge in [-0.3, -0.25) is 0 Å². The Morgan fingerprint density at radius 1 is 1.11 bits per heavy atom. The van der Waals surface area contributed by atoms with E-state index in [-0.39, 0.29) is 0 Å². The SMILES string of the molecule is CCc1cc(OC)c(C(CN)C(C)C)cc1OC. The normalized spacial score (nSPS) is 12.6. The Bertz CT molecular complexity index is 388. The van der Waals surface area contributed by atoms with E-state index in [2.05, 4.69) is 32.9 Å². The first-order chi connectivity index (χ1) is 8.58. The van der Waals surface area contributed by atoms with Crippen LogP contribution in [-0.4, -0.2) is 20.8 Å². The predicted octanol–water partition coefficient (Wildman–Crippen LogP) is 2.96. The molecule has 0 radical (unpaired) electrons. The van der Waals surface area contributed by atoms with Gasteiger partial charge in [0, 0.05) is 11.5 Å². The molecule has 102 valence electrons. The maximum atomic E-state index is 5.90. The number of hydrogen-bond donors (Lipinski definition) is 1. The van der Waals surface area contributed by atoms with Gasteiger partial charge in [-0.15, -0.1) is 0 Å². The number of nitrogens with two attached hydrogens (primary N) is 1. The summed E-state index contributed by atoms with van der Waals surface area (Å²) in [4.78, 5) is 0. The van der Waals surface area contributed by atoms with Gasteiger partial charge < -0.3 is 15.2 Å². The second-order valence-corrected chi connectivity index (χ2v) is 4.85. The number of rotatable bonds is 6. The summed E-state index contributed by atoms with van der Waals surface area (Å²) in [5.74, 6) is 2.60. The van der Waals surface area contributed by atoms with Gasteiger partial charge in [-0.05, 0) is 36.6 Å². The van der Waals surface area contributed by atoms with Crippen molar-refractivity contribution in [2.75, 3.05) is 20.8 Å². The van der Waals surface area contributed by atoms with E-state index in [4.69, 9.17) is 15.2 Å². The van der Waals surface area contributed by atoms with Crippen LogP contribution in [0, 0.1) is 5.92 Å². The van der Waals surface area contributed by atoms with E-state index in [1.165, 1.54) is 0 Å². The van der Waals surface area contributed by atoms with E-state index < -0.39 is 0 Å². The summed E-state index contributed by atoms with van der Waals surface area (Å²) in [6, 6.07) is 4.15. The largest absolute Gasteiger partial charge is 0.496 e. The van der Waals surface area contributed by atoms with Crippen LogP contribution < -0.4 is 15.2 Å². The average Bonchev–Trinajstić information content (AvgIpc) is 2.38. The van der Waals surface area contributed by atoms with Gasteiger partial charge >= 0.3 is 0 Å². The predicted molar refractivity (Wildman–Crippen MR) is 75.6 cm³/mol. The summed E-state index contributed by atoms with van der Waals surface area (Å²) >= 11 is 0. The van der Waals surface area contributed by atoms with Crippen molar-refractivity contribution >= 4 is 0 Å². The second-order valence-electron chi connectivity index (χ2n) is 4.85. The molecule has 0 aliphatic heterocycles. The molecule has 1 unspecified atom stereocenters. The minimum Gasteiger partial charge on any atom is -0.496 e. The van der Waals surface area contributed by atoms with E-state index in [1.54, 1.807) is 14.2 Å². The van der Waals surface area contributed by atoms with Gasteiger partial charge in [0.05, 0.1) is 14.2 Å². The average molecular weight is 251 g/mol. The lowest BCUT2D eigenvalue weighted by Crippen LogP contribution is -2.18. The maximum Gasteiger partial charge on any atom is 0.122 e. The summed E-state index contributed by atoms with van der Waals surface area (Å²) < 4.78 is 11.0. The lowest BCUT2D eigenvalue weighted by Gasteiger charge is -2.23. The quantitative estimate of drug-likeness (QED) is 0.845. The van der Waals surface area contributed by atoms with Crippen molar-refractivity contribution in [2.45, 2.75) is 33.1 Å². The topological polar surface area (TPSA) is 44.5 Å². The monoisotopic (exact) mass is 251 g/mol. The molecular formula is C15H25NO2. The molecule has 0 aromatic heterocycles. The van der Waals surface area contributed by atoms with Crippen molar-refractivity contribution in [3.63, 3.8) is 0 Å². The van der Waals surface area contributed by atoms with Gasteiger partial charge in [0.1, 0.15) is 11.5 Å². The van der Waals surface area contributed by atoms with Crippen LogP contribution in [0.25, 0.3) is 0 Å². The number of ether oxygens (including phenoxy) is 2. The molecule has 2 N–H and O–H groups in total. The smallest absolute Gasteiger partial charge is 0.122 e. The summed E-state index contributed by atoms with van der Waals surface area (Å²) in [6.45, 7) is 7.08. The fourth-order valence-corrected chi connectivity index (χ4v) is 2.31. The number of methoxy groups -OCH3 is 2. The molecule has 0 amide bonds. The van der Waals surface area contributed by atoms with E-state index in [1.807, 2.05) is 0 Å². The van der Waals surface area contributed by atoms with Gasteiger partial charge in [-0.1, -0.05) is 20.8 Å². The molecule has 0 bridgehead atoms. The van der Waals surface area contributed by atoms with Crippen LogP contribution in [0.4, 0.5) is 0 Å². The molecule has 1 aromatic carbocycles. The van der Waals surface area contributed by atoms with E-state index in [0.29, 0.717) is 18.4 Å². The molecule has 18 heavy (non-hydrogen) atoms. The van der Waals surface area contributed by atoms with Gasteiger partial charge in [-0.2, -0.15) is 0 Å². The lowest BCUT2D eigenvalue weighted by molar-refractivity contribution is 0.384.